The molecule has 1 aromatic rings. The number of anilines is 1. The molecule has 2 nitrogen and oxygen atoms in total. The van der Waals surface area contributed by atoms with Crippen molar-refractivity contribution in [3.8, 4) is 0 Å². The molecular weight excluding hydrogens is 230 g/mol. The monoisotopic (exact) mass is 246 g/mol. The maximum Gasteiger partial charge on any atom is 0.168 e. The number of hydrogen-bond donors (Lipinski definition) is 1. The Balaban J connectivity index is 2.83. The summed E-state index contributed by atoms with van der Waals surface area (Å²) < 4.78 is 26.6. The molecule has 0 spiro atoms. The summed E-state index contributed by atoms with van der Waals surface area (Å²) in [6.07, 6.45) is 1.80. The maximum absolute atomic E-state index is 13.3. The van der Waals surface area contributed by atoms with Crippen LogP contribution in [-0.4, -0.2) is 17.3 Å². The van der Waals surface area contributed by atoms with Crippen LogP contribution in [0.3, 0.4) is 0 Å². The predicted octanol–water partition coefficient (Wildman–Crippen LogP) is 3.68. The first-order valence-electron chi connectivity index (χ1n) is 5.41. The Kier molecular flexibility index (Phi) is 5.52. The minimum absolute atomic E-state index is 0.141. The van der Waals surface area contributed by atoms with E-state index >= 15 is 0 Å². The van der Waals surface area contributed by atoms with Gasteiger partial charge in [-0.1, -0.05) is 13.8 Å². The van der Waals surface area contributed by atoms with Crippen molar-refractivity contribution in [2.45, 2.75) is 31.7 Å². The highest BCUT2D eigenvalue weighted by Crippen LogP contribution is 2.24. The molecule has 0 bridgehead atoms. The molecule has 0 fully saturated rings. The van der Waals surface area contributed by atoms with Crippen molar-refractivity contribution in [1.82, 2.24) is 4.98 Å². The van der Waals surface area contributed by atoms with E-state index in [4.69, 9.17) is 0 Å². The van der Waals surface area contributed by atoms with Gasteiger partial charge in [-0.2, -0.15) is 0 Å². The number of nitrogens with zero attached hydrogens (tertiary/aromatic N) is 1. The third kappa shape index (κ3) is 3.63. The topological polar surface area (TPSA) is 24.9 Å². The van der Waals surface area contributed by atoms with Crippen molar-refractivity contribution < 1.29 is 8.78 Å². The number of thioether (sulfide) groups is 1. The normalized spacial score (nSPS) is 10.5. The fourth-order valence-corrected chi connectivity index (χ4v) is 1.87. The van der Waals surface area contributed by atoms with Crippen molar-refractivity contribution in [2.75, 3.05) is 17.6 Å². The van der Waals surface area contributed by atoms with Crippen LogP contribution in [0.25, 0.3) is 0 Å². The highest BCUT2D eigenvalue weighted by atomic mass is 32.2. The average molecular weight is 246 g/mol. The van der Waals surface area contributed by atoms with E-state index in [0.29, 0.717) is 6.54 Å². The Morgan fingerprint density at radius 2 is 2.00 bits per heavy atom. The lowest BCUT2D eigenvalue weighted by Gasteiger charge is -2.08. The van der Waals surface area contributed by atoms with E-state index < -0.39 is 11.6 Å². The molecule has 1 aromatic heterocycles. The molecule has 0 atom stereocenters. The number of pyridine rings is 1. The second-order valence-corrected chi connectivity index (χ2v) is 4.46. The van der Waals surface area contributed by atoms with Crippen LogP contribution < -0.4 is 5.32 Å². The first-order chi connectivity index (χ1) is 7.69. The molecule has 0 radical (unpaired) electrons. The van der Waals surface area contributed by atoms with Crippen LogP contribution in [-0.2, 0) is 0 Å². The van der Waals surface area contributed by atoms with Gasteiger partial charge in [-0.15, -0.1) is 11.8 Å². The summed E-state index contributed by atoms with van der Waals surface area (Å²) in [7, 11) is 0. The third-order valence-corrected chi connectivity index (χ3v) is 3.05. The van der Waals surface area contributed by atoms with Gasteiger partial charge in [-0.25, -0.2) is 13.8 Å². The third-order valence-electron chi connectivity index (χ3n) is 1.88. The summed E-state index contributed by atoms with van der Waals surface area (Å²) in [4.78, 5) is 3.95. The number of rotatable bonds is 6. The van der Waals surface area contributed by atoms with Crippen LogP contribution in [0, 0.1) is 11.6 Å². The summed E-state index contributed by atoms with van der Waals surface area (Å²) in [6, 6.07) is 0.892. The van der Waals surface area contributed by atoms with Crippen LogP contribution in [0.5, 0.6) is 0 Å². The summed E-state index contributed by atoms with van der Waals surface area (Å²) >= 11 is 1.31. The predicted molar refractivity (Wildman–Crippen MR) is 63.9 cm³/mol. The van der Waals surface area contributed by atoms with E-state index in [0.717, 1.165) is 24.7 Å². The first-order valence-corrected chi connectivity index (χ1v) is 6.40. The van der Waals surface area contributed by atoms with Crippen molar-refractivity contribution >= 4 is 17.6 Å². The molecule has 1 rings (SSSR count). The molecule has 0 saturated carbocycles. The van der Waals surface area contributed by atoms with Gasteiger partial charge in [0.15, 0.2) is 17.5 Å². The van der Waals surface area contributed by atoms with E-state index in [2.05, 4.69) is 10.3 Å². The lowest BCUT2D eigenvalue weighted by Crippen LogP contribution is -2.06. The Morgan fingerprint density at radius 1 is 1.25 bits per heavy atom. The van der Waals surface area contributed by atoms with E-state index in [1.807, 2.05) is 13.8 Å². The molecule has 1 N–H and O–H groups in total. The van der Waals surface area contributed by atoms with Gasteiger partial charge in [-0.3, -0.25) is 0 Å². The van der Waals surface area contributed by atoms with Gasteiger partial charge in [0.05, 0.1) is 0 Å². The number of nitrogens with one attached hydrogen (secondary N) is 1. The van der Waals surface area contributed by atoms with Gasteiger partial charge >= 0.3 is 0 Å². The van der Waals surface area contributed by atoms with E-state index in [1.165, 1.54) is 11.8 Å². The molecule has 0 amide bonds. The summed E-state index contributed by atoms with van der Waals surface area (Å²) in [5.74, 6) is -0.297. The lowest BCUT2D eigenvalue weighted by molar-refractivity contribution is 0.551. The Labute approximate surface area is 98.8 Å². The molecule has 0 aliphatic heterocycles. The number of hydrogen-bond acceptors (Lipinski definition) is 3. The van der Waals surface area contributed by atoms with E-state index in [-0.39, 0.29) is 10.8 Å². The molecule has 90 valence electrons. The van der Waals surface area contributed by atoms with Crippen LogP contribution >= 0.6 is 11.8 Å². The van der Waals surface area contributed by atoms with E-state index in [9.17, 15) is 8.78 Å². The Bertz CT molecular complexity index is 316. The summed E-state index contributed by atoms with van der Waals surface area (Å²) in [6.45, 7) is 4.61. The SMILES string of the molecule is CCCNc1nc(SCCC)c(F)cc1F. The van der Waals surface area contributed by atoms with Crippen LogP contribution in [0.4, 0.5) is 14.6 Å². The van der Waals surface area contributed by atoms with Crippen molar-refractivity contribution in [3.63, 3.8) is 0 Å². The molecule has 0 unspecified atom stereocenters. The zero-order chi connectivity index (χ0) is 12.0. The Morgan fingerprint density at radius 3 is 2.62 bits per heavy atom. The molecule has 0 aromatic carbocycles. The van der Waals surface area contributed by atoms with Gasteiger partial charge < -0.3 is 5.32 Å². The molecule has 0 aliphatic rings. The van der Waals surface area contributed by atoms with Crippen molar-refractivity contribution in [3.05, 3.63) is 17.7 Å². The van der Waals surface area contributed by atoms with Gasteiger partial charge in [-0.05, 0) is 18.6 Å². The van der Waals surface area contributed by atoms with Crippen molar-refractivity contribution in [2.24, 2.45) is 0 Å². The molecule has 1 heterocycles. The van der Waals surface area contributed by atoms with Crippen LogP contribution in [0.1, 0.15) is 26.7 Å². The summed E-state index contributed by atoms with van der Waals surface area (Å²) in [5.41, 5.74) is 0. The van der Waals surface area contributed by atoms with Gasteiger partial charge in [0.2, 0.25) is 0 Å². The lowest BCUT2D eigenvalue weighted by atomic mass is 10.4. The first kappa shape index (κ1) is 13.2. The number of aromatic nitrogens is 1. The van der Waals surface area contributed by atoms with Gasteiger partial charge in [0.1, 0.15) is 5.03 Å². The highest BCUT2D eigenvalue weighted by molar-refractivity contribution is 7.99. The molecule has 0 aliphatic carbocycles. The maximum atomic E-state index is 13.3. The Hall–Kier alpha value is -0.840. The molecule has 5 heteroatoms. The van der Waals surface area contributed by atoms with E-state index in [1.54, 1.807) is 0 Å². The number of halogens is 2. The highest BCUT2D eigenvalue weighted by Gasteiger charge is 2.11. The summed E-state index contributed by atoms with van der Waals surface area (Å²) in [5, 5.41) is 3.11. The minimum Gasteiger partial charge on any atom is -0.368 e. The quantitative estimate of drug-likeness (QED) is 0.775. The second kappa shape index (κ2) is 6.68. The second-order valence-electron chi connectivity index (χ2n) is 3.38. The van der Waals surface area contributed by atoms with Crippen LogP contribution in [0.15, 0.2) is 11.1 Å². The molecular formula is C11H16F2N2S. The van der Waals surface area contributed by atoms with Crippen molar-refractivity contribution in [1.29, 1.82) is 0 Å². The average Bonchev–Trinajstić information content (AvgIpc) is 2.26. The molecule has 0 saturated heterocycles. The van der Waals surface area contributed by atoms with Crippen LogP contribution in [0.2, 0.25) is 0 Å². The fraction of sp³-hybridized carbons (Fsp3) is 0.545. The van der Waals surface area contributed by atoms with Gasteiger partial charge in [0, 0.05) is 12.6 Å². The smallest absolute Gasteiger partial charge is 0.168 e. The standard InChI is InChI=1S/C11H16F2N2S/c1-3-5-14-10-8(12)7-9(13)11(15-10)16-6-4-2/h7H,3-6H2,1-2H3,(H,14,15). The zero-order valence-electron chi connectivity index (χ0n) is 9.52. The minimum atomic E-state index is -0.633. The van der Waals surface area contributed by atoms with Gasteiger partial charge in [0.25, 0.3) is 0 Å². The molecule has 16 heavy (non-hydrogen) atoms. The largest absolute Gasteiger partial charge is 0.368 e. The fourth-order valence-electron chi connectivity index (χ4n) is 1.12. The zero-order valence-corrected chi connectivity index (χ0v) is 10.3.